The minimum Gasteiger partial charge on any atom is -0.339 e. The Morgan fingerprint density at radius 1 is 1.45 bits per heavy atom. The lowest BCUT2D eigenvalue weighted by Crippen LogP contribution is -2.46. The maximum atomic E-state index is 10.9. The van der Waals surface area contributed by atoms with Crippen LogP contribution in [0.3, 0.4) is 0 Å². The van der Waals surface area contributed by atoms with Crippen LogP contribution in [0.5, 0.6) is 0 Å². The molecular weight excluding hydrogens is 187 g/mol. The molecule has 0 saturated carbocycles. The number of hydrogen-bond donors (Lipinski definition) is 1. The van der Waals surface area contributed by atoms with E-state index in [1.807, 2.05) is 0 Å². The van der Waals surface area contributed by atoms with Crippen LogP contribution in [0.25, 0.3) is 0 Å². The number of amides is 1. The number of carbonyl (C=O) groups excluding carboxylic acids is 1. The minimum atomic E-state index is 0. The molecule has 1 fully saturated rings. The number of alkyl halides is 1. The smallest absolute Gasteiger partial charge is 0.237 e. The maximum absolute atomic E-state index is 10.9. The van der Waals surface area contributed by atoms with Gasteiger partial charge >= 0.3 is 0 Å². The average Bonchev–Trinajstić information content (AvgIpc) is 2.05. The largest absolute Gasteiger partial charge is 0.339 e. The zero-order chi connectivity index (χ0) is 7.40. The number of rotatable bonds is 1. The molecule has 1 amide bonds. The Balaban J connectivity index is 0.000001000. The lowest BCUT2D eigenvalue weighted by molar-refractivity contribution is -0.129. The van der Waals surface area contributed by atoms with Crippen LogP contribution in [-0.4, -0.2) is 42.9 Å². The van der Waals surface area contributed by atoms with Crippen LogP contribution in [0.4, 0.5) is 0 Å². The van der Waals surface area contributed by atoms with Gasteiger partial charge in [0.15, 0.2) is 0 Å². The molecular formula is C6H12Cl2N2O. The second kappa shape index (κ2) is 5.63. The highest BCUT2D eigenvalue weighted by molar-refractivity contribution is 6.27. The van der Waals surface area contributed by atoms with Gasteiger partial charge < -0.3 is 10.2 Å². The van der Waals surface area contributed by atoms with Gasteiger partial charge in [-0.1, -0.05) is 0 Å². The summed E-state index contributed by atoms with van der Waals surface area (Å²) in [7, 11) is 0. The van der Waals surface area contributed by atoms with Gasteiger partial charge in [-0.2, -0.15) is 0 Å². The predicted octanol–water partition coefficient (Wildman–Crippen LogP) is 0.0788. The van der Waals surface area contributed by atoms with Crippen molar-refractivity contribution in [1.82, 2.24) is 10.2 Å². The van der Waals surface area contributed by atoms with E-state index in [0.29, 0.717) is 0 Å². The van der Waals surface area contributed by atoms with Crippen molar-refractivity contribution in [2.75, 3.05) is 32.1 Å². The number of carbonyl (C=O) groups is 1. The summed E-state index contributed by atoms with van der Waals surface area (Å²) >= 11 is 5.37. The van der Waals surface area contributed by atoms with E-state index in [0.717, 1.165) is 26.2 Å². The Morgan fingerprint density at radius 2 is 2.00 bits per heavy atom. The van der Waals surface area contributed by atoms with Crippen LogP contribution < -0.4 is 5.32 Å². The zero-order valence-corrected chi connectivity index (χ0v) is 7.75. The van der Waals surface area contributed by atoms with E-state index in [-0.39, 0.29) is 24.2 Å². The van der Waals surface area contributed by atoms with Gasteiger partial charge in [0.05, 0.1) is 0 Å². The molecule has 0 unspecified atom stereocenters. The SMILES string of the molecule is Cl.O=C(CCl)N1CCNCC1. The lowest BCUT2D eigenvalue weighted by Gasteiger charge is -2.26. The molecule has 0 radical (unpaired) electrons. The van der Waals surface area contributed by atoms with E-state index >= 15 is 0 Å². The van der Waals surface area contributed by atoms with Crippen LogP contribution in [0.1, 0.15) is 0 Å². The molecule has 11 heavy (non-hydrogen) atoms. The van der Waals surface area contributed by atoms with Crippen molar-refractivity contribution in [2.45, 2.75) is 0 Å². The molecule has 1 aliphatic rings. The van der Waals surface area contributed by atoms with Gasteiger partial charge in [-0.15, -0.1) is 24.0 Å². The summed E-state index contributed by atoms with van der Waals surface area (Å²) in [6.07, 6.45) is 0. The second-order valence-corrected chi connectivity index (χ2v) is 2.53. The summed E-state index contributed by atoms with van der Waals surface area (Å²) < 4.78 is 0. The fraction of sp³-hybridized carbons (Fsp3) is 0.833. The molecule has 0 bridgehead atoms. The lowest BCUT2D eigenvalue weighted by atomic mass is 10.3. The fourth-order valence-electron chi connectivity index (χ4n) is 0.999. The third-order valence-electron chi connectivity index (χ3n) is 1.58. The zero-order valence-electron chi connectivity index (χ0n) is 6.18. The fourth-order valence-corrected chi connectivity index (χ4v) is 1.17. The van der Waals surface area contributed by atoms with Gasteiger partial charge in [0.2, 0.25) is 5.91 Å². The molecule has 1 rings (SSSR count). The van der Waals surface area contributed by atoms with E-state index < -0.39 is 0 Å². The first-order valence-electron chi connectivity index (χ1n) is 3.39. The molecule has 66 valence electrons. The summed E-state index contributed by atoms with van der Waals surface area (Å²) in [6, 6.07) is 0. The summed E-state index contributed by atoms with van der Waals surface area (Å²) in [6.45, 7) is 3.38. The number of nitrogens with zero attached hydrogens (tertiary/aromatic N) is 1. The van der Waals surface area contributed by atoms with Crippen molar-refractivity contribution in [2.24, 2.45) is 0 Å². The van der Waals surface area contributed by atoms with Crippen LogP contribution in [-0.2, 0) is 4.79 Å². The van der Waals surface area contributed by atoms with Gasteiger partial charge in [-0.25, -0.2) is 0 Å². The van der Waals surface area contributed by atoms with E-state index in [1.54, 1.807) is 4.90 Å². The summed E-state index contributed by atoms with van der Waals surface area (Å²) in [5.41, 5.74) is 0. The van der Waals surface area contributed by atoms with Crippen molar-refractivity contribution in [3.05, 3.63) is 0 Å². The molecule has 1 N–H and O–H groups in total. The molecule has 0 aromatic carbocycles. The average molecular weight is 199 g/mol. The van der Waals surface area contributed by atoms with Crippen molar-refractivity contribution < 1.29 is 4.79 Å². The third kappa shape index (κ3) is 3.27. The Hall–Kier alpha value is 0.01000. The van der Waals surface area contributed by atoms with Gasteiger partial charge in [0.25, 0.3) is 0 Å². The molecule has 0 aromatic rings. The van der Waals surface area contributed by atoms with Crippen molar-refractivity contribution in [3.8, 4) is 0 Å². The first kappa shape index (κ1) is 11.0. The van der Waals surface area contributed by atoms with Gasteiger partial charge in [0, 0.05) is 26.2 Å². The van der Waals surface area contributed by atoms with Crippen molar-refractivity contribution in [1.29, 1.82) is 0 Å². The Morgan fingerprint density at radius 3 is 2.45 bits per heavy atom. The van der Waals surface area contributed by atoms with E-state index in [1.165, 1.54) is 0 Å². The monoisotopic (exact) mass is 198 g/mol. The highest BCUT2D eigenvalue weighted by Crippen LogP contribution is 1.93. The Bertz CT molecular complexity index is 126. The van der Waals surface area contributed by atoms with Gasteiger partial charge in [0.1, 0.15) is 5.88 Å². The second-order valence-electron chi connectivity index (χ2n) is 2.26. The molecule has 0 atom stereocenters. The molecule has 0 spiro atoms. The molecule has 0 aliphatic carbocycles. The van der Waals surface area contributed by atoms with Crippen LogP contribution in [0.15, 0.2) is 0 Å². The topological polar surface area (TPSA) is 32.3 Å². The van der Waals surface area contributed by atoms with Crippen molar-refractivity contribution >= 4 is 29.9 Å². The minimum absolute atomic E-state index is 0. The molecule has 3 nitrogen and oxygen atoms in total. The quantitative estimate of drug-likeness (QED) is 0.606. The molecule has 5 heteroatoms. The highest BCUT2D eigenvalue weighted by Gasteiger charge is 2.13. The number of halogens is 2. The Kier molecular flexibility index (Phi) is 5.64. The number of hydrogen-bond acceptors (Lipinski definition) is 2. The number of piperazine rings is 1. The first-order chi connectivity index (χ1) is 4.84. The predicted molar refractivity (Wildman–Crippen MR) is 47.4 cm³/mol. The normalized spacial score (nSPS) is 17.4. The number of nitrogens with one attached hydrogen (secondary N) is 1. The Labute approximate surface area is 77.5 Å². The molecule has 0 aromatic heterocycles. The molecule has 1 heterocycles. The van der Waals surface area contributed by atoms with Gasteiger partial charge in [-0.3, -0.25) is 4.79 Å². The van der Waals surface area contributed by atoms with Crippen LogP contribution in [0.2, 0.25) is 0 Å². The first-order valence-corrected chi connectivity index (χ1v) is 3.92. The maximum Gasteiger partial charge on any atom is 0.237 e. The van der Waals surface area contributed by atoms with E-state index in [9.17, 15) is 4.79 Å². The van der Waals surface area contributed by atoms with E-state index in [2.05, 4.69) is 5.32 Å². The van der Waals surface area contributed by atoms with E-state index in [4.69, 9.17) is 11.6 Å². The van der Waals surface area contributed by atoms with Crippen LogP contribution in [0, 0.1) is 0 Å². The van der Waals surface area contributed by atoms with Gasteiger partial charge in [-0.05, 0) is 0 Å². The standard InChI is InChI=1S/C6H11ClN2O.ClH/c7-5-6(10)9-3-1-8-2-4-9;/h8H,1-5H2;1H. The highest BCUT2D eigenvalue weighted by atomic mass is 35.5. The van der Waals surface area contributed by atoms with Crippen molar-refractivity contribution in [3.63, 3.8) is 0 Å². The summed E-state index contributed by atoms with van der Waals surface area (Å²) in [5, 5.41) is 3.16. The summed E-state index contributed by atoms with van der Waals surface area (Å²) in [4.78, 5) is 12.7. The molecule has 1 aliphatic heterocycles. The third-order valence-corrected chi connectivity index (χ3v) is 1.81. The summed E-state index contributed by atoms with van der Waals surface area (Å²) in [5.74, 6) is 0.156. The van der Waals surface area contributed by atoms with Crippen LogP contribution >= 0.6 is 24.0 Å². The molecule has 1 saturated heterocycles.